The molecule has 0 saturated carbocycles. The molecule has 0 saturated heterocycles. The zero-order valence-electron chi connectivity index (χ0n) is 4.61. The van der Waals surface area contributed by atoms with Gasteiger partial charge in [0.05, 0.1) is 4.58 Å². The Hall–Kier alpha value is 1.23. The summed E-state index contributed by atoms with van der Waals surface area (Å²) in [6, 6.07) is 0. The Labute approximate surface area is 69.3 Å². The fraction of sp³-hybridized carbons (Fsp3) is 1.00. The Kier molecular flexibility index (Phi) is 5.82. The van der Waals surface area contributed by atoms with Crippen molar-refractivity contribution < 1.29 is 4.43 Å². The Bertz CT molecular complexity index is 60.5. The number of hydrogen-bond donors (Lipinski definition) is 3. The van der Waals surface area contributed by atoms with E-state index in [9.17, 15) is 0 Å². The molecule has 0 heterocycles. The molecule has 0 aliphatic carbocycles. The van der Waals surface area contributed by atoms with E-state index in [-0.39, 0.29) is 9.83 Å². The summed E-state index contributed by atoms with van der Waals surface area (Å²) in [6.45, 7) is 0.660. The van der Waals surface area contributed by atoms with Gasteiger partial charge >= 0.3 is 0 Å². The maximum Gasteiger partial charge on any atom is 0.146 e. The molecule has 0 aromatic rings. The molecular weight excluding hydrogens is 176 g/mol. The van der Waals surface area contributed by atoms with Crippen molar-refractivity contribution in [1.29, 1.82) is 0 Å². The summed E-state index contributed by atoms with van der Waals surface area (Å²) in [5.41, 5.74) is 0. The van der Waals surface area contributed by atoms with E-state index in [2.05, 4.69) is 37.9 Å². The summed E-state index contributed by atoms with van der Waals surface area (Å²) in [5, 5.41) is 0.152. The van der Waals surface area contributed by atoms with Gasteiger partial charge in [-0.2, -0.15) is 37.9 Å². The van der Waals surface area contributed by atoms with Crippen LogP contribution in [0.15, 0.2) is 0 Å². The van der Waals surface area contributed by atoms with Crippen LogP contribution in [-0.2, 0) is 4.43 Å². The first-order valence-electron chi connectivity index (χ1n) is 2.21. The van der Waals surface area contributed by atoms with Gasteiger partial charge in [-0.05, 0) is 0 Å². The van der Waals surface area contributed by atoms with Crippen LogP contribution in [-0.4, -0.2) is 26.9 Å². The van der Waals surface area contributed by atoms with Gasteiger partial charge in [0.25, 0.3) is 0 Å². The van der Waals surface area contributed by atoms with E-state index in [0.717, 1.165) is 10.5 Å². The van der Waals surface area contributed by atoms with Gasteiger partial charge in [-0.25, -0.2) is 0 Å². The lowest BCUT2D eigenvalue weighted by atomic mass is 10.5. The van der Waals surface area contributed by atoms with Crippen LogP contribution < -0.4 is 0 Å². The lowest BCUT2D eigenvalue weighted by Gasteiger charge is -2.10. The standard InChI is InChI=1S/C3H10OS3Si/c5-2(1-4-8)3(6)7/h2-3,5-7H,1H2,8H3. The third kappa shape index (κ3) is 4.14. The second kappa shape index (κ2) is 5.05. The molecule has 0 radical (unpaired) electrons. The molecule has 0 aromatic carbocycles. The van der Waals surface area contributed by atoms with Gasteiger partial charge in [0.1, 0.15) is 10.5 Å². The first kappa shape index (κ1) is 9.23. The maximum atomic E-state index is 4.93. The van der Waals surface area contributed by atoms with Crippen molar-refractivity contribution in [2.75, 3.05) is 6.61 Å². The lowest BCUT2D eigenvalue weighted by Crippen LogP contribution is -2.15. The maximum absolute atomic E-state index is 4.93. The molecule has 0 spiro atoms. The molecule has 5 heteroatoms. The molecule has 1 atom stereocenters. The van der Waals surface area contributed by atoms with Gasteiger partial charge in [-0.15, -0.1) is 0 Å². The summed E-state index contributed by atoms with van der Waals surface area (Å²) in [6.07, 6.45) is 0. The predicted molar refractivity (Wildman–Crippen MR) is 50.4 cm³/mol. The van der Waals surface area contributed by atoms with Crippen LogP contribution in [0.2, 0.25) is 0 Å². The van der Waals surface area contributed by atoms with Crippen molar-refractivity contribution in [1.82, 2.24) is 0 Å². The Morgan fingerprint density at radius 1 is 1.38 bits per heavy atom. The van der Waals surface area contributed by atoms with Gasteiger partial charge in [0.2, 0.25) is 0 Å². The smallest absolute Gasteiger partial charge is 0.146 e. The van der Waals surface area contributed by atoms with E-state index in [1.54, 1.807) is 0 Å². The average molecular weight is 186 g/mol. The fourth-order valence-electron chi connectivity index (χ4n) is 0.257. The summed E-state index contributed by atoms with van der Waals surface area (Å²) in [5.74, 6) is 0. The highest BCUT2D eigenvalue weighted by atomic mass is 32.2. The van der Waals surface area contributed by atoms with Crippen LogP contribution >= 0.6 is 37.9 Å². The molecule has 0 amide bonds. The molecule has 1 unspecified atom stereocenters. The zero-order chi connectivity index (χ0) is 6.57. The molecular formula is C3H10OS3Si. The van der Waals surface area contributed by atoms with Crippen LogP contribution in [0.4, 0.5) is 0 Å². The van der Waals surface area contributed by atoms with E-state index in [1.807, 2.05) is 0 Å². The molecule has 0 rings (SSSR count). The summed E-state index contributed by atoms with van der Waals surface area (Å²) in [7, 11) is 0.766. The third-order valence-electron chi connectivity index (χ3n) is 0.682. The first-order chi connectivity index (χ1) is 3.68. The molecule has 8 heavy (non-hydrogen) atoms. The van der Waals surface area contributed by atoms with E-state index in [0.29, 0.717) is 6.61 Å². The van der Waals surface area contributed by atoms with Gasteiger partial charge < -0.3 is 4.43 Å². The SMILES string of the molecule is [SiH3]OCC(S)C(S)S. The summed E-state index contributed by atoms with van der Waals surface area (Å²) >= 11 is 12.2. The number of rotatable bonds is 3. The van der Waals surface area contributed by atoms with Crippen molar-refractivity contribution in [2.45, 2.75) is 9.83 Å². The molecule has 0 aromatic heterocycles. The van der Waals surface area contributed by atoms with Crippen molar-refractivity contribution in [2.24, 2.45) is 0 Å². The van der Waals surface area contributed by atoms with E-state index in [4.69, 9.17) is 4.43 Å². The van der Waals surface area contributed by atoms with Crippen molar-refractivity contribution in [3.63, 3.8) is 0 Å². The highest BCUT2D eigenvalue weighted by Crippen LogP contribution is 2.11. The van der Waals surface area contributed by atoms with E-state index < -0.39 is 0 Å². The monoisotopic (exact) mass is 186 g/mol. The van der Waals surface area contributed by atoms with Gasteiger partial charge in [0.15, 0.2) is 0 Å². The molecule has 0 N–H and O–H groups in total. The largest absolute Gasteiger partial charge is 0.427 e. The summed E-state index contributed by atoms with van der Waals surface area (Å²) < 4.78 is 4.95. The molecule has 1 nitrogen and oxygen atoms in total. The Morgan fingerprint density at radius 2 is 1.88 bits per heavy atom. The van der Waals surface area contributed by atoms with Gasteiger partial charge in [-0.3, -0.25) is 0 Å². The number of hydrogen-bond acceptors (Lipinski definition) is 4. The van der Waals surface area contributed by atoms with E-state index in [1.165, 1.54) is 0 Å². The molecule has 50 valence electrons. The third-order valence-corrected chi connectivity index (χ3v) is 2.65. The number of thiol groups is 3. The van der Waals surface area contributed by atoms with Gasteiger partial charge in [-0.1, -0.05) is 0 Å². The molecule has 0 fully saturated rings. The first-order valence-corrected chi connectivity index (χ1v) is 4.58. The van der Waals surface area contributed by atoms with Crippen molar-refractivity contribution >= 4 is 48.4 Å². The van der Waals surface area contributed by atoms with Crippen molar-refractivity contribution in [3.05, 3.63) is 0 Å². The quantitative estimate of drug-likeness (QED) is 0.313. The summed E-state index contributed by atoms with van der Waals surface area (Å²) in [4.78, 5) is 0. The van der Waals surface area contributed by atoms with Crippen LogP contribution in [0, 0.1) is 0 Å². The highest BCUT2D eigenvalue weighted by molar-refractivity contribution is 8.00. The highest BCUT2D eigenvalue weighted by Gasteiger charge is 2.06. The predicted octanol–water partition coefficient (Wildman–Crippen LogP) is -0.233. The minimum atomic E-state index is 0.0206. The molecule has 0 aliphatic rings. The fourth-order valence-corrected chi connectivity index (χ4v) is 1.22. The lowest BCUT2D eigenvalue weighted by molar-refractivity contribution is 0.354. The second-order valence-electron chi connectivity index (χ2n) is 1.44. The molecule has 0 bridgehead atoms. The normalized spacial score (nSPS) is 15.0. The van der Waals surface area contributed by atoms with Gasteiger partial charge in [0, 0.05) is 11.9 Å². The topological polar surface area (TPSA) is 9.23 Å². The Balaban J connectivity index is 3.17. The zero-order valence-corrected chi connectivity index (χ0v) is 9.29. The minimum absolute atomic E-state index is 0.0206. The van der Waals surface area contributed by atoms with Crippen LogP contribution in [0.1, 0.15) is 0 Å². The van der Waals surface area contributed by atoms with Crippen LogP contribution in [0.3, 0.4) is 0 Å². The Morgan fingerprint density at radius 3 is 2.00 bits per heavy atom. The van der Waals surface area contributed by atoms with Crippen LogP contribution in [0.5, 0.6) is 0 Å². The van der Waals surface area contributed by atoms with Crippen molar-refractivity contribution in [3.8, 4) is 0 Å². The van der Waals surface area contributed by atoms with Crippen LogP contribution in [0.25, 0.3) is 0 Å². The second-order valence-corrected chi connectivity index (χ2v) is 4.20. The molecule has 0 aliphatic heterocycles. The van der Waals surface area contributed by atoms with E-state index >= 15 is 0 Å². The minimum Gasteiger partial charge on any atom is -0.427 e. The average Bonchev–Trinajstić information content (AvgIpc) is 1.67.